The lowest BCUT2D eigenvalue weighted by atomic mass is 10.1. The molecule has 2 aromatic rings. The highest BCUT2D eigenvalue weighted by atomic mass is 16.3. The number of nitrogens with one attached hydrogen (secondary N) is 1. The fraction of sp³-hybridized carbons (Fsp3) is 0.471. The second kappa shape index (κ2) is 6.76. The van der Waals surface area contributed by atoms with Crippen molar-refractivity contribution in [1.82, 2.24) is 9.78 Å². The van der Waals surface area contributed by atoms with Crippen LogP contribution < -0.4 is 5.32 Å². The predicted octanol–water partition coefficient (Wildman–Crippen LogP) is 2.98. The van der Waals surface area contributed by atoms with E-state index < -0.39 is 0 Å². The Balaban J connectivity index is 2.13. The van der Waals surface area contributed by atoms with Gasteiger partial charge in [-0.1, -0.05) is 13.0 Å². The monoisotopic (exact) mass is 287 g/mol. The number of nitrogens with zero attached hydrogens (tertiary/aromatic N) is 2. The van der Waals surface area contributed by atoms with Gasteiger partial charge in [0.15, 0.2) is 0 Å². The smallest absolute Gasteiger partial charge is 0.0646 e. The van der Waals surface area contributed by atoms with Crippen molar-refractivity contribution in [1.29, 1.82) is 0 Å². The first-order valence-electron chi connectivity index (χ1n) is 7.54. The van der Waals surface area contributed by atoms with Gasteiger partial charge >= 0.3 is 0 Å². The summed E-state index contributed by atoms with van der Waals surface area (Å²) in [6, 6.07) is 6.51. The third-order valence-electron chi connectivity index (χ3n) is 4.04. The van der Waals surface area contributed by atoms with E-state index in [0.717, 1.165) is 30.0 Å². The molecular formula is C17H25N3O. The molecule has 2 N–H and O–H groups in total. The molecule has 1 aromatic carbocycles. The van der Waals surface area contributed by atoms with E-state index in [4.69, 9.17) is 5.11 Å². The van der Waals surface area contributed by atoms with Crippen LogP contribution >= 0.6 is 0 Å². The molecule has 0 unspecified atom stereocenters. The Hall–Kier alpha value is -1.81. The summed E-state index contributed by atoms with van der Waals surface area (Å²) in [5.41, 5.74) is 7.22. The van der Waals surface area contributed by atoms with Crippen LogP contribution in [0, 0.1) is 20.8 Å². The van der Waals surface area contributed by atoms with Crippen molar-refractivity contribution in [3.05, 3.63) is 46.3 Å². The van der Waals surface area contributed by atoms with E-state index in [0.29, 0.717) is 6.54 Å². The first-order chi connectivity index (χ1) is 10.1. The second-order valence-electron chi connectivity index (χ2n) is 5.44. The average molecular weight is 287 g/mol. The van der Waals surface area contributed by atoms with E-state index in [1.807, 2.05) is 11.6 Å². The van der Waals surface area contributed by atoms with Gasteiger partial charge < -0.3 is 10.4 Å². The Bertz CT molecular complexity index is 617. The highest BCUT2D eigenvalue weighted by Crippen LogP contribution is 2.19. The zero-order chi connectivity index (χ0) is 15.4. The SMILES string of the molecule is CCc1cc(NCc2c(C)nn(CCO)c2C)ccc1C. The molecule has 0 saturated carbocycles. The van der Waals surface area contributed by atoms with Crippen LogP contribution in [0.15, 0.2) is 18.2 Å². The summed E-state index contributed by atoms with van der Waals surface area (Å²) in [5, 5.41) is 17.0. The molecule has 0 amide bonds. The van der Waals surface area contributed by atoms with Crippen LogP contribution in [0.3, 0.4) is 0 Å². The highest BCUT2D eigenvalue weighted by molar-refractivity contribution is 5.49. The summed E-state index contributed by atoms with van der Waals surface area (Å²) in [4.78, 5) is 0. The molecule has 1 aromatic heterocycles. The van der Waals surface area contributed by atoms with Gasteiger partial charge in [-0.15, -0.1) is 0 Å². The van der Waals surface area contributed by atoms with Gasteiger partial charge in [-0.3, -0.25) is 4.68 Å². The molecule has 1 heterocycles. The van der Waals surface area contributed by atoms with Gasteiger partial charge in [0.25, 0.3) is 0 Å². The van der Waals surface area contributed by atoms with Gasteiger partial charge in [-0.2, -0.15) is 5.10 Å². The van der Waals surface area contributed by atoms with Crippen molar-refractivity contribution in [2.24, 2.45) is 0 Å². The van der Waals surface area contributed by atoms with E-state index in [2.05, 4.69) is 49.4 Å². The maximum Gasteiger partial charge on any atom is 0.0646 e. The Morgan fingerprint density at radius 2 is 2.00 bits per heavy atom. The number of aryl methyl sites for hydroxylation is 3. The average Bonchev–Trinajstić information content (AvgIpc) is 2.73. The van der Waals surface area contributed by atoms with Crippen molar-refractivity contribution in [3.8, 4) is 0 Å². The number of hydrogen-bond donors (Lipinski definition) is 2. The van der Waals surface area contributed by atoms with Gasteiger partial charge in [-0.25, -0.2) is 0 Å². The lowest BCUT2D eigenvalue weighted by Gasteiger charge is -2.10. The first kappa shape index (κ1) is 15.6. The predicted molar refractivity (Wildman–Crippen MR) is 86.7 cm³/mol. The largest absolute Gasteiger partial charge is 0.394 e. The Kier molecular flexibility index (Phi) is 5.02. The zero-order valence-electron chi connectivity index (χ0n) is 13.4. The highest BCUT2D eigenvalue weighted by Gasteiger charge is 2.11. The maximum absolute atomic E-state index is 9.06. The summed E-state index contributed by atoms with van der Waals surface area (Å²) < 4.78 is 1.87. The minimum Gasteiger partial charge on any atom is -0.394 e. The number of aliphatic hydroxyl groups excluding tert-OH is 1. The molecule has 0 saturated heterocycles. The molecule has 21 heavy (non-hydrogen) atoms. The summed E-state index contributed by atoms with van der Waals surface area (Å²) in [5.74, 6) is 0. The van der Waals surface area contributed by atoms with Crippen LogP contribution in [0.2, 0.25) is 0 Å². The van der Waals surface area contributed by atoms with Gasteiger partial charge in [0, 0.05) is 23.5 Å². The van der Waals surface area contributed by atoms with Crippen LogP contribution in [0.1, 0.15) is 35.0 Å². The summed E-state index contributed by atoms with van der Waals surface area (Å²) >= 11 is 0. The third-order valence-corrected chi connectivity index (χ3v) is 4.04. The topological polar surface area (TPSA) is 50.1 Å². The Morgan fingerprint density at radius 1 is 1.24 bits per heavy atom. The summed E-state index contributed by atoms with van der Waals surface area (Å²) in [7, 11) is 0. The molecule has 0 radical (unpaired) electrons. The van der Waals surface area contributed by atoms with Gasteiger partial charge in [0.2, 0.25) is 0 Å². The number of hydrogen-bond acceptors (Lipinski definition) is 3. The lowest BCUT2D eigenvalue weighted by molar-refractivity contribution is 0.268. The number of rotatable bonds is 6. The lowest BCUT2D eigenvalue weighted by Crippen LogP contribution is -2.07. The maximum atomic E-state index is 9.06. The summed E-state index contributed by atoms with van der Waals surface area (Å²) in [6.45, 7) is 9.83. The van der Waals surface area contributed by atoms with E-state index in [1.54, 1.807) is 0 Å². The molecule has 0 atom stereocenters. The molecule has 0 spiro atoms. The Morgan fingerprint density at radius 3 is 2.67 bits per heavy atom. The van der Waals surface area contributed by atoms with Gasteiger partial charge in [-0.05, 0) is 50.5 Å². The van der Waals surface area contributed by atoms with Crippen molar-refractivity contribution < 1.29 is 5.11 Å². The van der Waals surface area contributed by atoms with Crippen LogP contribution in [-0.2, 0) is 19.5 Å². The van der Waals surface area contributed by atoms with E-state index in [1.165, 1.54) is 16.7 Å². The van der Waals surface area contributed by atoms with Crippen molar-refractivity contribution in [2.45, 2.75) is 47.2 Å². The third kappa shape index (κ3) is 3.45. The quantitative estimate of drug-likeness (QED) is 0.859. The van der Waals surface area contributed by atoms with E-state index in [9.17, 15) is 0 Å². The Labute approximate surface area is 126 Å². The van der Waals surface area contributed by atoms with Gasteiger partial charge in [0.1, 0.15) is 0 Å². The number of aliphatic hydroxyl groups is 1. The molecule has 0 aliphatic carbocycles. The fourth-order valence-electron chi connectivity index (χ4n) is 2.66. The second-order valence-corrected chi connectivity index (χ2v) is 5.44. The van der Waals surface area contributed by atoms with Crippen molar-refractivity contribution in [2.75, 3.05) is 11.9 Å². The number of aromatic nitrogens is 2. The zero-order valence-corrected chi connectivity index (χ0v) is 13.4. The molecule has 4 heteroatoms. The van der Waals surface area contributed by atoms with E-state index >= 15 is 0 Å². The fourth-order valence-corrected chi connectivity index (χ4v) is 2.66. The minimum absolute atomic E-state index is 0.118. The standard InChI is InChI=1S/C17H25N3O/c1-5-15-10-16(7-6-12(15)2)18-11-17-13(3)19-20(8-9-21)14(17)4/h6-7,10,18,21H,5,8-9,11H2,1-4H3. The van der Waals surface area contributed by atoms with Crippen molar-refractivity contribution in [3.63, 3.8) is 0 Å². The molecule has 0 fully saturated rings. The van der Waals surface area contributed by atoms with Crippen molar-refractivity contribution >= 4 is 5.69 Å². The molecule has 2 rings (SSSR count). The van der Waals surface area contributed by atoms with E-state index in [-0.39, 0.29) is 6.61 Å². The molecule has 0 aliphatic heterocycles. The molecular weight excluding hydrogens is 262 g/mol. The van der Waals surface area contributed by atoms with Crippen LogP contribution in [-0.4, -0.2) is 21.5 Å². The van der Waals surface area contributed by atoms with Crippen LogP contribution in [0.5, 0.6) is 0 Å². The molecule has 0 aliphatic rings. The van der Waals surface area contributed by atoms with Crippen LogP contribution in [0.25, 0.3) is 0 Å². The number of anilines is 1. The minimum atomic E-state index is 0.118. The van der Waals surface area contributed by atoms with Gasteiger partial charge in [0.05, 0.1) is 18.8 Å². The molecule has 0 bridgehead atoms. The molecule has 114 valence electrons. The molecule has 4 nitrogen and oxygen atoms in total. The van der Waals surface area contributed by atoms with Crippen LogP contribution in [0.4, 0.5) is 5.69 Å². The first-order valence-corrected chi connectivity index (χ1v) is 7.54. The normalized spacial score (nSPS) is 10.9. The number of benzene rings is 1. The summed E-state index contributed by atoms with van der Waals surface area (Å²) in [6.07, 6.45) is 1.05.